The maximum atomic E-state index is 13.5. The average Bonchev–Trinajstić information content (AvgIpc) is 2.34. The van der Waals surface area contributed by atoms with Gasteiger partial charge in [-0.15, -0.1) is 0 Å². The Kier molecular flexibility index (Phi) is 3.73. The molecule has 0 amide bonds. The van der Waals surface area contributed by atoms with Crippen LogP contribution in [-0.4, -0.2) is 8.42 Å². The van der Waals surface area contributed by atoms with Gasteiger partial charge in [-0.1, -0.05) is 29.8 Å². The maximum Gasteiger partial charge on any atom is 0.264 e. The van der Waals surface area contributed by atoms with Crippen molar-refractivity contribution >= 4 is 27.3 Å². The Hall–Kier alpha value is -1.66. The molecular weight excluding hydrogens is 296 g/mol. The van der Waals surface area contributed by atoms with Crippen LogP contribution in [0.25, 0.3) is 0 Å². The second-order valence-corrected chi connectivity index (χ2v) is 5.69. The summed E-state index contributed by atoms with van der Waals surface area (Å²) in [6.07, 6.45) is 0. The predicted molar refractivity (Wildman–Crippen MR) is 68.6 cm³/mol. The van der Waals surface area contributed by atoms with Crippen LogP contribution in [0.1, 0.15) is 0 Å². The average molecular weight is 304 g/mol. The molecule has 2 rings (SSSR count). The molecule has 1 N–H and O–H groups in total. The van der Waals surface area contributed by atoms with E-state index in [0.717, 1.165) is 18.2 Å². The molecule has 3 nitrogen and oxygen atoms in total. The highest BCUT2D eigenvalue weighted by Crippen LogP contribution is 2.27. The Morgan fingerprint density at radius 2 is 1.58 bits per heavy atom. The molecule has 0 saturated heterocycles. The van der Waals surface area contributed by atoms with Gasteiger partial charge in [-0.2, -0.15) is 0 Å². The van der Waals surface area contributed by atoms with Gasteiger partial charge >= 0.3 is 0 Å². The highest BCUT2D eigenvalue weighted by atomic mass is 35.5. The van der Waals surface area contributed by atoms with Crippen molar-refractivity contribution < 1.29 is 17.2 Å². The number of sulfonamides is 1. The smallest absolute Gasteiger partial charge is 0.264 e. The van der Waals surface area contributed by atoms with Crippen molar-refractivity contribution in [3.8, 4) is 0 Å². The van der Waals surface area contributed by atoms with Gasteiger partial charge in [0.15, 0.2) is 0 Å². The van der Waals surface area contributed by atoms with Crippen molar-refractivity contribution in [1.29, 1.82) is 0 Å². The fourth-order valence-electron chi connectivity index (χ4n) is 1.45. The van der Waals surface area contributed by atoms with Gasteiger partial charge in [0.2, 0.25) is 0 Å². The van der Waals surface area contributed by atoms with E-state index in [4.69, 9.17) is 11.6 Å². The largest absolute Gasteiger partial charge is 0.275 e. The molecule has 0 fully saturated rings. The van der Waals surface area contributed by atoms with E-state index in [0.29, 0.717) is 0 Å². The molecule has 2 aromatic rings. The summed E-state index contributed by atoms with van der Waals surface area (Å²) in [7, 11) is -4.24. The SMILES string of the molecule is O=S(=O)(Nc1c(F)cccc1Cl)c1ccccc1F. The van der Waals surface area contributed by atoms with Crippen molar-refractivity contribution in [2.24, 2.45) is 0 Å². The first-order valence-electron chi connectivity index (χ1n) is 5.13. The number of hydrogen-bond donors (Lipinski definition) is 1. The van der Waals surface area contributed by atoms with Crippen molar-refractivity contribution in [3.05, 3.63) is 59.1 Å². The minimum atomic E-state index is -4.24. The molecule has 0 radical (unpaired) electrons. The zero-order chi connectivity index (χ0) is 14.0. The summed E-state index contributed by atoms with van der Waals surface area (Å²) in [6, 6.07) is 8.49. The van der Waals surface area contributed by atoms with Crippen molar-refractivity contribution in [2.45, 2.75) is 4.90 Å². The Balaban J connectivity index is 2.46. The zero-order valence-electron chi connectivity index (χ0n) is 9.40. The van der Waals surface area contributed by atoms with Crippen LogP contribution in [0.4, 0.5) is 14.5 Å². The van der Waals surface area contributed by atoms with E-state index in [1.807, 2.05) is 4.72 Å². The first kappa shape index (κ1) is 13.8. The molecule has 19 heavy (non-hydrogen) atoms. The van der Waals surface area contributed by atoms with Crippen LogP contribution in [0.15, 0.2) is 47.4 Å². The van der Waals surface area contributed by atoms with Gasteiger partial charge in [0.1, 0.15) is 22.2 Å². The number of nitrogens with one attached hydrogen (secondary N) is 1. The standard InChI is InChI=1S/C12H8ClF2NO2S/c13-8-4-3-6-10(15)12(8)16-19(17,18)11-7-2-1-5-9(11)14/h1-7,16H. The van der Waals surface area contributed by atoms with Crippen LogP contribution >= 0.6 is 11.6 Å². The summed E-state index contributed by atoms with van der Waals surface area (Å²) in [5.41, 5.74) is -0.410. The summed E-state index contributed by atoms with van der Waals surface area (Å²) in [5, 5.41) is -0.111. The van der Waals surface area contributed by atoms with E-state index in [1.54, 1.807) is 0 Å². The predicted octanol–water partition coefficient (Wildman–Crippen LogP) is 3.42. The van der Waals surface area contributed by atoms with Gasteiger partial charge < -0.3 is 0 Å². The number of rotatable bonds is 3. The third-order valence-electron chi connectivity index (χ3n) is 2.33. The zero-order valence-corrected chi connectivity index (χ0v) is 11.0. The molecule has 0 aliphatic carbocycles. The topological polar surface area (TPSA) is 46.2 Å². The lowest BCUT2D eigenvalue weighted by Gasteiger charge is -2.10. The van der Waals surface area contributed by atoms with Crippen LogP contribution in [0, 0.1) is 11.6 Å². The van der Waals surface area contributed by atoms with Gasteiger partial charge in [0.25, 0.3) is 10.0 Å². The fourth-order valence-corrected chi connectivity index (χ4v) is 2.88. The van der Waals surface area contributed by atoms with Crippen molar-refractivity contribution in [3.63, 3.8) is 0 Å². The molecule has 0 spiro atoms. The normalized spacial score (nSPS) is 11.3. The van der Waals surface area contributed by atoms with E-state index >= 15 is 0 Å². The molecule has 0 aliphatic heterocycles. The van der Waals surface area contributed by atoms with E-state index in [-0.39, 0.29) is 5.02 Å². The lowest BCUT2D eigenvalue weighted by molar-refractivity contribution is 0.569. The number of hydrogen-bond acceptors (Lipinski definition) is 2. The van der Waals surface area contributed by atoms with Gasteiger partial charge in [0.05, 0.1) is 5.02 Å². The number of para-hydroxylation sites is 1. The minimum absolute atomic E-state index is 0.111. The molecule has 0 bridgehead atoms. The second kappa shape index (κ2) is 5.14. The third kappa shape index (κ3) is 2.85. The van der Waals surface area contributed by atoms with Gasteiger partial charge in [-0.3, -0.25) is 4.72 Å². The minimum Gasteiger partial charge on any atom is -0.275 e. The molecule has 0 atom stereocenters. The summed E-state index contributed by atoms with van der Waals surface area (Å²) >= 11 is 5.70. The number of benzene rings is 2. The summed E-state index contributed by atoms with van der Waals surface area (Å²) in [6.45, 7) is 0. The molecule has 7 heteroatoms. The van der Waals surface area contributed by atoms with Crippen LogP contribution < -0.4 is 4.72 Å². The first-order valence-corrected chi connectivity index (χ1v) is 6.99. The molecule has 0 unspecified atom stereocenters. The molecule has 0 saturated carbocycles. The van der Waals surface area contributed by atoms with Crippen LogP contribution in [0.5, 0.6) is 0 Å². The summed E-state index contributed by atoms with van der Waals surface area (Å²) in [4.78, 5) is -0.575. The van der Waals surface area contributed by atoms with E-state index in [2.05, 4.69) is 0 Å². The monoisotopic (exact) mass is 303 g/mol. The Morgan fingerprint density at radius 1 is 0.947 bits per heavy atom. The Bertz CT molecular complexity index is 699. The van der Waals surface area contributed by atoms with Gasteiger partial charge in [-0.05, 0) is 24.3 Å². The number of anilines is 1. The molecule has 0 heterocycles. The molecule has 2 aromatic carbocycles. The Morgan fingerprint density at radius 3 is 2.21 bits per heavy atom. The first-order chi connectivity index (χ1) is 8.92. The van der Waals surface area contributed by atoms with Crippen molar-refractivity contribution in [1.82, 2.24) is 0 Å². The second-order valence-electron chi connectivity index (χ2n) is 3.63. The summed E-state index contributed by atoms with van der Waals surface area (Å²) < 4.78 is 52.8. The third-order valence-corrected chi connectivity index (χ3v) is 4.02. The summed E-state index contributed by atoms with van der Waals surface area (Å²) in [5.74, 6) is -1.77. The van der Waals surface area contributed by atoms with E-state index in [9.17, 15) is 17.2 Å². The highest BCUT2D eigenvalue weighted by molar-refractivity contribution is 7.92. The van der Waals surface area contributed by atoms with Crippen LogP contribution in [0.3, 0.4) is 0 Å². The van der Waals surface area contributed by atoms with Gasteiger partial charge in [-0.25, -0.2) is 17.2 Å². The molecule has 0 aliphatic rings. The lowest BCUT2D eigenvalue weighted by atomic mass is 10.3. The van der Waals surface area contributed by atoms with Crippen LogP contribution in [-0.2, 0) is 10.0 Å². The van der Waals surface area contributed by atoms with Gasteiger partial charge in [0, 0.05) is 0 Å². The maximum absolute atomic E-state index is 13.5. The van der Waals surface area contributed by atoms with E-state index < -0.39 is 32.2 Å². The molecular formula is C12H8ClF2NO2S. The molecule has 100 valence electrons. The van der Waals surface area contributed by atoms with Crippen molar-refractivity contribution in [2.75, 3.05) is 4.72 Å². The Labute approximate surface area is 113 Å². The number of halogens is 3. The van der Waals surface area contributed by atoms with E-state index in [1.165, 1.54) is 24.3 Å². The fraction of sp³-hybridized carbons (Fsp3) is 0. The molecule has 0 aromatic heterocycles. The van der Waals surface area contributed by atoms with Crippen LogP contribution in [0.2, 0.25) is 5.02 Å². The lowest BCUT2D eigenvalue weighted by Crippen LogP contribution is -2.15. The quantitative estimate of drug-likeness (QED) is 0.944. The highest BCUT2D eigenvalue weighted by Gasteiger charge is 2.21.